The minimum absolute atomic E-state index is 0.694. The Kier molecular flexibility index (Phi) is 5.82. The molecule has 1 aromatic heterocycles. The normalized spacial score (nSPS) is 15.4. The molecule has 4 rings (SSSR count). The zero-order valence-electron chi connectivity index (χ0n) is 15.7. The number of azo groups is 1. The van der Waals surface area contributed by atoms with Crippen LogP contribution in [0.2, 0.25) is 0 Å². The van der Waals surface area contributed by atoms with Crippen molar-refractivity contribution in [2.75, 3.05) is 38.3 Å². The lowest BCUT2D eigenvalue weighted by atomic mass is 10.1. The van der Waals surface area contributed by atoms with E-state index in [1.165, 1.54) is 0 Å². The van der Waals surface area contributed by atoms with Crippen LogP contribution in [-0.4, -0.2) is 51.0 Å². The lowest BCUT2D eigenvalue weighted by Gasteiger charge is -2.35. The molecule has 0 N–H and O–H groups in total. The Bertz CT molecular complexity index is 937. The van der Waals surface area contributed by atoms with Gasteiger partial charge in [-0.15, -0.1) is 0 Å². The predicted octanol–water partition coefficient (Wildman–Crippen LogP) is 0.949. The Labute approximate surface area is 162 Å². The molecule has 0 radical (unpaired) electrons. The smallest absolute Gasteiger partial charge is 0.421 e. The average Bonchev–Trinajstić information content (AvgIpc) is 2.98. The van der Waals surface area contributed by atoms with Crippen molar-refractivity contribution in [3.8, 4) is 11.5 Å². The Morgan fingerprint density at radius 1 is 1.18 bits per heavy atom. The summed E-state index contributed by atoms with van der Waals surface area (Å²) in [6, 6.07) is 3.85. The van der Waals surface area contributed by atoms with Crippen molar-refractivity contribution >= 4 is 27.7 Å². The number of anilines is 1. The molecular formula is C16H21N5O6S. The Hall–Kier alpha value is -2.70. The molecule has 0 bridgehead atoms. The first-order valence-electron chi connectivity index (χ1n) is 8.41. The summed E-state index contributed by atoms with van der Waals surface area (Å²) in [7, 11) is 0.275. The van der Waals surface area contributed by atoms with E-state index in [-0.39, 0.29) is 0 Å². The summed E-state index contributed by atoms with van der Waals surface area (Å²) in [4.78, 5) is 2.30. The van der Waals surface area contributed by atoms with Crippen LogP contribution in [0.3, 0.4) is 0 Å². The summed E-state index contributed by atoms with van der Waals surface area (Å²) in [5.41, 5.74) is 1.78. The fourth-order valence-corrected chi connectivity index (χ4v) is 2.85. The van der Waals surface area contributed by atoms with E-state index in [4.69, 9.17) is 9.47 Å². The Balaban J connectivity index is 0.000000330. The lowest BCUT2D eigenvalue weighted by molar-refractivity contribution is -0.657. The van der Waals surface area contributed by atoms with Crippen molar-refractivity contribution in [3.05, 3.63) is 24.5 Å². The van der Waals surface area contributed by atoms with Gasteiger partial charge in [-0.3, -0.25) is 4.18 Å². The van der Waals surface area contributed by atoms with Crippen LogP contribution in [0.15, 0.2) is 34.8 Å². The zero-order chi connectivity index (χ0) is 20.3. The highest BCUT2D eigenvalue weighted by atomic mass is 32.3. The molecule has 28 heavy (non-hydrogen) atoms. The summed E-state index contributed by atoms with van der Waals surface area (Å²) in [6.45, 7) is 3.20. The molecule has 2 aromatic rings. The molecule has 2 aliphatic heterocycles. The van der Waals surface area contributed by atoms with E-state index in [9.17, 15) is 13.0 Å². The van der Waals surface area contributed by atoms with Gasteiger partial charge in [0.2, 0.25) is 10.4 Å². The molecule has 0 spiro atoms. The summed E-state index contributed by atoms with van der Waals surface area (Å²) in [5.74, 6) is 2.43. The number of nitrogens with zero attached hydrogens (tertiary/aromatic N) is 5. The highest BCUT2D eigenvalue weighted by molar-refractivity contribution is 7.80. The molecule has 0 amide bonds. The van der Waals surface area contributed by atoms with Gasteiger partial charge >= 0.3 is 5.95 Å². The van der Waals surface area contributed by atoms with Gasteiger partial charge in [0, 0.05) is 17.2 Å². The van der Waals surface area contributed by atoms with Gasteiger partial charge in [-0.2, -0.15) is 0 Å². The van der Waals surface area contributed by atoms with Crippen molar-refractivity contribution in [1.82, 2.24) is 4.57 Å². The summed E-state index contributed by atoms with van der Waals surface area (Å²) in [5, 5.41) is 8.66. The van der Waals surface area contributed by atoms with Gasteiger partial charge in [-0.05, 0) is 0 Å². The van der Waals surface area contributed by atoms with Crippen molar-refractivity contribution < 1.29 is 31.2 Å². The lowest BCUT2D eigenvalue weighted by Crippen LogP contribution is -2.38. The third-order valence-corrected chi connectivity index (χ3v) is 4.59. The molecule has 12 heteroatoms. The fraction of sp³-hybridized carbons (Fsp3) is 0.438. The van der Waals surface area contributed by atoms with Gasteiger partial charge in [-0.1, -0.05) is 5.11 Å². The molecular weight excluding hydrogens is 390 g/mol. The van der Waals surface area contributed by atoms with Crippen LogP contribution >= 0.6 is 0 Å². The van der Waals surface area contributed by atoms with Crippen LogP contribution in [0.1, 0.15) is 0 Å². The van der Waals surface area contributed by atoms with E-state index >= 15 is 0 Å². The summed E-state index contributed by atoms with van der Waals surface area (Å²) < 4.78 is 46.4. The van der Waals surface area contributed by atoms with Crippen LogP contribution in [0.25, 0.3) is 0 Å². The molecule has 3 heterocycles. The molecule has 0 saturated heterocycles. The van der Waals surface area contributed by atoms with E-state index in [1.807, 2.05) is 47.8 Å². The van der Waals surface area contributed by atoms with E-state index in [1.54, 1.807) is 0 Å². The maximum atomic E-state index is 9.22. The molecule has 0 unspecified atom stereocenters. The van der Waals surface area contributed by atoms with Crippen LogP contribution in [-0.2, 0) is 28.7 Å². The number of aryl methyl sites for hydroxylation is 2. The molecule has 0 aliphatic carbocycles. The second-order valence-corrected chi connectivity index (χ2v) is 7.22. The van der Waals surface area contributed by atoms with Gasteiger partial charge < -0.3 is 18.9 Å². The maximum Gasteiger partial charge on any atom is 0.421 e. The van der Waals surface area contributed by atoms with Crippen molar-refractivity contribution in [1.29, 1.82) is 0 Å². The number of rotatable bonds is 3. The first-order valence-corrected chi connectivity index (χ1v) is 9.74. The molecule has 11 nitrogen and oxygen atoms in total. The minimum Gasteiger partial charge on any atom is -0.726 e. The standard InChI is InChI=1S/C15H18N5O2.CH4O4S/c1-18-3-4-19(2)15(18)17-16-11-9-12-14-13(10-11)22-8-6-20(14)5-7-21-12;1-5-6(2,3)4/h3-4,9-10H,5-8H2,1-2H3;1H3,(H,2,3,4)/q+1;/p-1. The van der Waals surface area contributed by atoms with E-state index in [2.05, 4.69) is 19.3 Å². The zero-order valence-corrected chi connectivity index (χ0v) is 16.5. The second kappa shape index (κ2) is 8.12. The first kappa shape index (κ1) is 20.0. The van der Waals surface area contributed by atoms with Gasteiger partial charge in [0.15, 0.2) is 0 Å². The SMILES string of the molecule is COS(=O)(=O)[O-].Cn1cc[n+](C)c1/N=N/c1cc2c3c(c1)OCCN3CCO2. The van der Waals surface area contributed by atoms with E-state index in [0.29, 0.717) is 13.2 Å². The van der Waals surface area contributed by atoms with Crippen molar-refractivity contribution in [2.45, 2.75) is 0 Å². The van der Waals surface area contributed by atoms with Gasteiger partial charge in [0.1, 0.15) is 36.1 Å². The van der Waals surface area contributed by atoms with Crippen molar-refractivity contribution in [3.63, 3.8) is 0 Å². The predicted molar refractivity (Wildman–Crippen MR) is 97.1 cm³/mol. The quantitative estimate of drug-likeness (QED) is 0.319. The van der Waals surface area contributed by atoms with Gasteiger partial charge in [-0.25, -0.2) is 17.6 Å². The van der Waals surface area contributed by atoms with E-state index < -0.39 is 10.4 Å². The first-order chi connectivity index (χ1) is 13.3. The number of hydrogen-bond acceptors (Lipinski definition) is 9. The molecule has 0 saturated carbocycles. The third kappa shape index (κ3) is 4.58. The number of benzene rings is 1. The fourth-order valence-electron chi connectivity index (χ4n) is 2.85. The largest absolute Gasteiger partial charge is 0.726 e. The van der Waals surface area contributed by atoms with Crippen LogP contribution < -0.4 is 18.9 Å². The number of imidazole rings is 1. The van der Waals surface area contributed by atoms with Crippen molar-refractivity contribution in [2.24, 2.45) is 24.3 Å². The highest BCUT2D eigenvalue weighted by Gasteiger charge is 2.27. The average molecular weight is 411 g/mol. The monoisotopic (exact) mass is 411 g/mol. The molecule has 0 atom stereocenters. The van der Waals surface area contributed by atoms with E-state index in [0.717, 1.165) is 49.0 Å². The highest BCUT2D eigenvalue weighted by Crippen LogP contribution is 2.45. The second-order valence-electron chi connectivity index (χ2n) is 6.07. The number of aromatic nitrogens is 2. The van der Waals surface area contributed by atoms with Crippen LogP contribution in [0.4, 0.5) is 17.3 Å². The molecule has 0 fully saturated rings. The Morgan fingerprint density at radius 3 is 2.21 bits per heavy atom. The molecule has 2 aliphatic rings. The molecule has 152 valence electrons. The third-order valence-electron chi connectivity index (χ3n) is 4.18. The maximum absolute atomic E-state index is 9.22. The Morgan fingerprint density at radius 2 is 1.75 bits per heavy atom. The van der Waals surface area contributed by atoms with Crippen LogP contribution in [0, 0.1) is 0 Å². The summed E-state index contributed by atoms with van der Waals surface area (Å²) in [6.07, 6.45) is 3.88. The topological polar surface area (TPSA) is 122 Å². The van der Waals surface area contributed by atoms with Gasteiger partial charge in [0.25, 0.3) is 0 Å². The summed E-state index contributed by atoms with van der Waals surface area (Å²) >= 11 is 0. The van der Waals surface area contributed by atoms with Gasteiger partial charge in [0.05, 0.1) is 46.7 Å². The molecule has 1 aromatic carbocycles. The minimum atomic E-state index is -4.41. The number of hydrogen-bond donors (Lipinski definition) is 0. The number of ether oxygens (including phenoxy) is 2. The van der Waals surface area contributed by atoms with Crippen LogP contribution in [0.5, 0.6) is 11.5 Å².